The Balaban J connectivity index is 2.16. The van der Waals surface area contributed by atoms with Crippen molar-refractivity contribution in [2.45, 2.75) is 47.6 Å². The summed E-state index contributed by atoms with van der Waals surface area (Å²) in [6, 6.07) is 8.34. The van der Waals surface area contributed by atoms with Crippen LogP contribution in [0.2, 0.25) is 0 Å². The fourth-order valence-electron chi connectivity index (χ4n) is 2.94. The molecule has 0 N–H and O–H groups in total. The summed E-state index contributed by atoms with van der Waals surface area (Å²) in [7, 11) is 0. The van der Waals surface area contributed by atoms with Gasteiger partial charge in [-0.1, -0.05) is 12.1 Å². The maximum absolute atomic E-state index is 12.5. The molecule has 0 amide bonds. The van der Waals surface area contributed by atoms with Crippen molar-refractivity contribution in [1.29, 1.82) is 0 Å². The van der Waals surface area contributed by atoms with E-state index in [2.05, 4.69) is 18.4 Å². The number of nitrogens with zero attached hydrogens (tertiary/aromatic N) is 1. The standard InChI is InChI=1S/C19H25NO2/c1-12(2)20-15(5)10-17(16(20)6)18(21)11-22-19-9-13(3)7-8-14(19)4/h7-10,12H,11H2,1-6H3. The van der Waals surface area contributed by atoms with Gasteiger partial charge >= 0.3 is 0 Å². The molecule has 0 bridgehead atoms. The molecule has 0 radical (unpaired) electrons. The minimum absolute atomic E-state index is 0.0286. The fourth-order valence-corrected chi connectivity index (χ4v) is 2.94. The Morgan fingerprint density at radius 3 is 2.41 bits per heavy atom. The predicted octanol–water partition coefficient (Wildman–Crippen LogP) is 4.56. The van der Waals surface area contributed by atoms with Gasteiger partial charge < -0.3 is 9.30 Å². The molecule has 0 unspecified atom stereocenters. The summed E-state index contributed by atoms with van der Waals surface area (Å²) < 4.78 is 7.93. The van der Waals surface area contributed by atoms with Crippen LogP contribution in [0.3, 0.4) is 0 Å². The number of aryl methyl sites for hydroxylation is 3. The highest BCUT2D eigenvalue weighted by atomic mass is 16.5. The maximum Gasteiger partial charge on any atom is 0.202 e. The molecule has 1 aromatic carbocycles. The van der Waals surface area contributed by atoms with Crippen LogP contribution in [-0.4, -0.2) is 17.0 Å². The second-order valence-corrected chi connectivity index (χ2v) is 6.23. The number of hydrogen-bond acceptors (Lipinski definition) is 2. The van der Waals surface area contributed by atoms with Crippen LogP contribution in [0.15, 0.2) is 24.3 Å². The van der Waals surface area contributed by atoms with Crippen LogP contribution in [0.1, 0.15) is 52.8 Å². The van der Waals surface area contributed by atoms with Crippen molar-refractivity contribution >= 4 is 5.78 Å². The molecule has 0 saturated carbocycles. The third-order valence-electron chi connectivity index (χ3n) is 4.00. The van der Waals surface area contributed by atoms with Gasteiger partial charge in [-0.3, -0.25) is 4.79 Å². The Labute approximate surface area is 132 Å². The lowest BCUT2D eigenvalue weighted by Gasteiger charge is -2.14. The highest BCUT2D eigenvalue weighted by Gasteiger charge is 2.17. The molecular formula is C19H25NO2. The quantitative estimate of drug-likeness (QED) is 0.758. The first-order valence-electron chi connectivity index (χ1n) is 7.73. The van der Waals surface area contributed by atoms with E-state index in [1.165, 1.54) is 0 Å². The van der Waals surface area contributed by atoms with E-state index in [4.69, 9.17) is 4.74 Å². The molecule has 0 fully saturated rings. The van der Waals surface area contributed by atoms with E-state index >= 15 is 0 Å². The Bertz CT molecular complexity index is 696. The van der Waals surface area contributed by atoms with Crippen LogP contribution in [-0.2, 0) is 0 Å². The van der Waals surface area contributed by atoms with E-state index in [1.54, 1.807) is 0 Å². The van der Waals surface area contributed by atoms with Crippen LogP contribution in [0.5, 0.6) is 5.75 Å². The SMILES string of the molecule is Cc1ccc(C)c(OCC(=O)c2cc(C)n(C(C)C)c2C)c1. The van der Waals surface area contributed by atoms with E-state index in [9.17, 15) is 4.79 Å². The Morgan fingerprint density at radius 1 is 1.14 bits per heavy atom. The van der Waals surface area contributed by atoms with Gasteiger partial charge in [-0.2, -0.15) is 0 Å². The van der Waals surface area contributed by atoms with Crippen molar-refractivity contribution in [2.75, 3.05) is 6.61 Å². The molecule has 118 valence electrons. The van der Waals surface area contributed by atoms with Gasteiger partial charge in [-0.05, 0) is 64.8 Å². The lowest BCUT2D eigenvalue weighted by Crippen LogP contribution is -2.14. The average molecular weight is 299 g/mol. The second kappa shape index (κ2) is 6.39. The van der Waals surface area contributed by atoms with Crippen molar-refractivity contribution in [3.05, 3.63) is 52.3 Å². The van der Waals surface area contributed by atoms with Crippen molar-refractivity contribution < 1.29 is 9.53 Å². The van der Waals surface area contributed by atoms with Crippen molar-refractivity contribution in [3.8, 4) is 5.75 Å². The summed E-state index contributed by atoms with van der Waals surface area (Å²) in [5.41, 5.74) is 5.07. The minimum Gasteiger partial charge on any atom is -0.485 e. The molecule has 0 spiro atoms. The monoisotopic (exact) mass is 299 g/mol. The van der Waals surface area contributed by atoms with E-state index in [0.29, 0.717) is 6.04 Å². The Hall–Kier alpha value is -2.03. The molecule has 0 aliphatic carbocycles. The summed E-state index contributed by atoms with van der Waals surface area (Å²) in [5.74, 6) is 0.812. The lowest BCUT2D eigenvalue weighted by atomic mass is 10.1. The highest BCUT2D eigenvalue weighted by molar-refractivity contribution is 5.98. The number of hydrogen-bond donors (Lipinski definition) is 0. The van der Waals surface area contributed by atoms with Gasteiger partial charge in [0, 0.05) is 23.0 Å². The first kappa shape index (κ1) is 16.3. The molecule has 0 aliphatic rings. The lowest BCUT2D eigenvalue weighted by molar-refractivity contribution is 0.0920. The van der Waals surface area contributed by atoms with Crippen LogP contribution in [0.4, 0.5) is 0 Å². The van der Waals surface area contributed by atoms with E-state index in [1.807, 2.05) is 52.0 Å². The summed E-state index contributed by atoms with van der Waals surface area (Å²) >= 11 is 0. The number of carbonyl (C=O) groups excluding carboxylic acids is 1. The van der Waals surface area contributed by atoms with Gasteiger partial charge in [0.2, 0.25) is 5.78 Å². The van der Waals surface area contributed by atoms with Crippen LogP contribution >= 0.6 is 0 Å². The molecule has 2 rings (SSSR count). The third-order valence-corrected chi connectivity index (χ3v) is 4.00. The van der Waals surface area contributed by atoms with E-state index in [0.717, 1.165) is 33.8 Å². The van der Waals surface area contributed by atoms with E-state index in [-0.39, 0.29) is 12.4 Å². The first-order valence-corrected chi connectivity index (χ1v) is 7.73. The minimum atomic E-state index is 0.0286. The number of benzene rings is 1. The van der Waals surface area contributed by atoms with Gasteiger partial charge in [-0.25, -0.2) is 0 Å². The Kier molecular flexibility index (Phi) is 4.74. The zero-order valence-corrected chi connectivity index (χ0v) is 14.4. The summed E-state index contributed by atoms with van der Waals surface area (Å²) in [6.45, 7) is 12.4. The third kappa shape index (κ3) is 3.24. The second-order valence-electron chi connectivity index (χ2n) is 6.23. The molecule has 0 aliphatic heterocycles. The first-order chi connectivity index (χ1) is 10.3. The van der Waals surface area contributed by atoms with Gasteiger partial charge in [0.05, 0.1) is 0 Å². The normalized spacial score (nSPS) is 11.0. The van der Waals surface area contributed by atoms with Gasteiger partial charge in [-0.15, -0.1) is 0 Å². The number of carbonyl (C=O) groups is 1. The smallest absolute Gasteiger partial charge is 0.202 e. The largest absolute Gasteiger partial charge is 0.485 e. The van der Waals surface area contributed by atoms with Gasteiger partial charge in [0.1, 0.15) is 5.75 Å². The molecule has 22 heavy (non-hydrogen) atoms. The van der Waals surface area contributed by atoms with Crippen LogP contribution in [0, 0.1) is 27.7 Å². The molecule has 3 heteroatoms. The van der Waals surface area contributed by atoms with Crippen LogP contribution in [0.25, 0.3) is 0 Å². The van der Waals surface area contributed by atoms with Gasteiger partial charge in [0.15, 0.2) is 6.61 Å². The molecule has 0 saturated heterocycles. The number of ketones is 1. The number of ether oxygens (including phenoxy) is 1. The van der Waals surface area contributed by atoms with Crippen molar-refractivity contribution in [2.24, 2.45) is 0 Å². The number of Topliss-reactive ketones (excluding diaryl/α,β-unsaturated/α-hetero) is 1. The molecular weight excluding hydrogens is 274 g/mol. The fraction of sp³-hybridized carbons (Fsp3) is 0.421. The summed E-state index contributed by atoms with van der Waals surface area (Å²) in [5, 5.41) is 0. The molecule has 0 atom stereocenters. The number of rotatable bonds is 5. The van der Waals surface area contributed by atoms with Gasteiger partial charge in [0.25, 0.3) is 0 Å². The Morgan fingerprint density at radius 2 is 1.82 bits per heavy atom. The number of aromatic nitrogens is 1. The van der Waals surface area contributed by atoms with Crippen LogP contribution < -0.4 is 4.74 Å². The maximum atomic E-state index is 12.5. The van der Waals surface area contributed by atoms with Crippen molar-refractivity contribution in [1.82, 2.24) is 4.57 Å². The van der Waals surface area contributed by atoms with E-state index < -0.39 is 0 Å². The zero-order chi connectivity index (χ0) is 16.4. The average Bonchev–Trinajstić information content (AvgIpc) is 2.74. The predicted molar refractivity (Wildman–Crippen MR) is 90.0 cm³/mol. The summed E-state index contributed by atoms with van der Waals surface area (Å²) in [6.07, 6.45) is 0. The highest BCUT2D eigenvalue weighted by Crippen LogP contribution is 2.22. The zero-order valence-electron chi connectivity index (χ0n) is 14.4. The molecule has 1 heterocycles. The summed E-state index contributed by atoms with van der Waals surface area (Å²) in [4.78, 5) is 12.5. The molecule has 1 aromatic heterocycles. The topological polar surface area (TPSA) is 31.2 Å². The molecule has 2 aromatic rings. The molecule has 3 nitrogen and oxygen atoms in total. The van der Waals surface area contributed by atoms with Crippen molar-refractivity contribution in [3.63, 3.8) is 0 Å².